The standard InChI is InChI=1S/C20H18BrN5O2/c21-16-5-4-15-6-8-25(19(15)10-16)9-7-22-20(27)12-28-18-3-1-2-17(11-18)26-13-23-24-14-26/h1-6,8,10-11,13-14H,7,9,12H2,(H,22,27). The van der Waals surface area contributed by atoms with E-state index in [1.165, 1.54) is 5.39 Å². The largest absolute Gasteiger partial charge is 0.484 e. The molecular formula is C20H18BrN5O2. The van der Waals surface area contributed by atoms with Gasteiger partial charge in [-0.25, -0.2) is 0 Å². The van der Waals surface area contributed by atoms with Gasteiger partial charge in [0.15, 0.2) is 6.61 Å². The molecule has 0 aliphatic carbocycles. The Morgan fingerprint density at radius 2 is 1.96 bits per heavy atom. The first-order chi connectivity index (χ1) is 13.7. The van der Waals surface area contributed by atoms with Crippen LogP contribution in [0.2, 0.25) is 0 Å². The summed E-state index contributed by atoms with van der Waals surface area (Å²) < 4.78 is 10.5. The molecule has 0 aliphatic rings. The Kier molecular flexibility index (Phi) is 5.38. The van der Waals surface area contributed by atoms with E-state index in [0.29, 0.717) is 18.8 Å². The second-order valence-corrected chi connectivity index (χ2v) is 7.13. The van der Waals surface area contributed by atoms with Crippen LogP contribution in [-0.2, 0) is 11.3 Å². The van der Waals surface area contributed by atoms with Gasteiger partial charge in [-0.15, -0.1) is 10.2 Å². The highest BCUT2D eigenvalue weighted by atomic mass is 79.9. The van der Waals surface area contributed by atoms with Gasteiger partial charge in [-0.3, -0.25) is 9.36 Å². The number of ether oxygens (including phenoxy) is 1. The molecule has 142 valence electrons. The quantitative estimate of drug-likeness (QED) is 0.479. The number of fused-ring (bicyclic) bond motifs is 1. The Morgan fingerprint density at radius 1 is 1.11 bits per heavy atom. The highest BCUT2D eigenvalue weighted by molar-refractivity contribution is 9.10. The van der Waals surface area contributed by atoms with E-state index in [4.69, 9.17) is 4.74 Å². The molecule has 0 bridgehead atoms. The molecule has 0 fully saturated rings. The van der Waals surface area contributed by atoms with E-state index in [0.717, 1.165) is 15.7 Å². The van der Waals surface area contributed by atoms with Crippen molar-refractivity contribution in [2.24, 2.45) is 0 Å². The van der Waals surface area contributed by atoms with E-state index in [-0.39, 0.29) is 12.5 Å². The smallest absolute Gasteiger partial charge is 0.258 e. The Hall–Kier alpha value is -3.13. The van der Waals surface area contributed by atoms with Crippen LogP contribution in [0.1, 0.15) is 0 Å². The van der Waals surface area contributed by atoms with E-state index < -0.39 is 0 Å². The molecule has 4 rings (SSSR count). The Morgan fingerprint density at radius 3 is 2.82 bits per heavy atom. The van der Waals surface area contributed by atoms with Gasteiger partial charge in [-0.2, -0.15) is 0 Å². The summed E-state index contributed by atoms with van der Waals surface area (Å²) in [5, 5.41) is 11.6. The van der Waals surface area contributed by atoms with Gasteiger partial charge < -0.3 is 14.6 Å². The minimum Gasteiger partial charge on any atom is -0.484 e. The highest BCUT2D eigenvalue weighted by Crippen LogP contribution is 2.20. The zero-order chi connectivity index (χ0) is 19.3. The Labute approximate surface area is 170 Å². The number of benzene rings is 2. The average molecular weight is 440 g/mol. The first-order valence-corrected chi connectivity index (χ1v) is 9.57. The number of hydrogen-bond acceptors (Lipinski definition) is 4. The Balaban J connectivity index is 1.28. The molecule has 0 saturated carbocycles. The number of rotatable bonds is 7. The van der Waals surface area contributed by atoms with E-state index in [1.54, 1.807) is 17.2 Å². The minimum absolute atomic E-state index is 0.0381. The van der Waals surface area contributed by atoms with Crippen LogP contribution >= 0.6 is 15.9 Å². The third-order valence-corrected chi connectivity index (χ3v) is 4.81. The van der Waals surface area contributed by atoms with Gasteiger partial charge in [0.2, 0.25) is 0 Å². The summed E-state index contributed by atoms with van der Waals surface area (Å²) in [6.07, 6.45) is 5.24. The van der Waals surface area contributed by atoms with Gasteiger partial charge >= 0.3 is 0 Å². The van der Waals surface area contributed by atoms with Crippen LogP contribution in [0.25, 0.3) is 16.6 Å². The fourth-order valence-electron chi connectivity index (χ4n) is 2.94. The molecule has 0 spiro atoms. The van der Waals surface area contributed by atoms with Gasteiger partial charge in [0.1, 0.15) is 18.4 Å². The zero-order valence-corrected chi connectivity index (χ0v) is 16.5. The first kappa shape index (κ1) is 18.2. The number of aromatic nitrogens is 4. The van der Waals surface area contributed by atoms with Crippen LogP contribution in [-0.4, -0.2) is 38.4 Å². The third-order valence-electron chi connectivity index (χ3n) is 4.32. The molecule has 2 aromatic carbocycles. The van der Waals surface area contributed by atoms with Gasteiger partial charge in [-0.1, -0.05) is 28.1 Å². The third kappa shape index (κ3) is 4.23. The molecule has 2 aromatic heterocycles. The van der Waals surface area contributed by atoms with Crippen LogP contribution in [0.15, 0.2) is 71.9 Å². The lowest BCUT2D eigenvalue weighted by molar-refractivity contribution is -0.123. The summed E-state index contributed by atoms with van der Waals surface area (Å²) in [6.45, 7) is 1.18. The van der Waals surface area contributed by atoms with Crippen molar-refractivity contribution in [1.82, 2.24) is 24.6 Å². The summed E-state index contributed by atoms with van der Waals surface area (Å²) in [6, 6.07) is 15.6. The molecule has 0 saturated heterocycles. The molecule has 0 radical (unpaired) electrons. The number of amides is 1. The van der Waals surface area contributed by atoms with Crippen molar-refractivity contribution in [3.05, 3.63) is 71.9 Å². The summed E-state index contributed by atoms with van der Waals surface area (Å²) in [4.78, 5) is 12.1. The molecule has 28 heavy (non-hydrogen) atoms. The zero-order valence-electron chi connectivity index (χ0n) is 15.0. The molecule has 8 heteroatoms. The second-order valence-electron chi connectivity index (χ2n) is 6.22. The maximum atomic E-state index is 12.1. The number of hydrogen-bond donors (Lipinski definition) is 1. The molecule has 0 unspecified atom stereocenters. The molecular weight excluding hydrogens is 422 g/mol. The van der Waals surface area contributed by atoms with Crippen LogP contribution in [0, 0.1) is 0 Å². The number of halogens is 1. The lowest BCUT2D eigenvalue weighted by Gasteiger charge is -2.10. The number of nitrogens with zero attached hydrogens (tertiary/aromatic N) is 4. The molecule has 4 aromatic rings. The Bertz CT molecular complexity index is 1090. The highest BCUT2D eigenvalue weighted by Gasteiger charge is 2.06. The maximum absolute atomic E-state index is 12.1. The summed E-state index contributed by atoms with van der Waals surface area (Å²) in [5.41, 5.74) is 2.00. The first-order valence-electron chi connectivity index (χ1n) is 8.78. The molecule has 0 atom stereocenters. The topological polar surface area (TPSA) is 74.0 Å². The second kappa shape index (κ2) is 8.26. The maximum Gasteiger partial charge on any atom is 0.258 e. The lowest BCUT2D eigenvalue weighted by atomic mass is 10.2. The molecule has 7 nitrogen and oxygen atoms in total. The van der Waals surface area contributed by atoms with Gasteiger partial charge in [0.25, 0.3) is 5.91 Å². The summed E-state index contributed by atoms with van der Waals surface area (Å²) in [7, 11) is 0. The molecule has 2 heterocycles. The van der Waals surface area contributed by atoms with Crippen molar-refractivity contribution in [1.29, 1.82) is 0 Å². The van der Waals surface area contributed by atoms with Crippen LogP contribution in [0.3, 0.4) is 0 Å². The van der Waals surface area contributed by atoms with Crippen LogP contribution in [0.5, 0.6) is 5.75 Å². The normalized spacial score (nSPS) is 10.9. The van der Waals surface area contributed by atoms with Crippen molar-refractivity contribution in [2.75, 3.05) is 13.2 Å². The number of nitrogens with one attached hydrogen (secondary N) is 1. The number of carbonyl (C=O) groups is 1. The van der Waals surface area contributed by atoms with Crippen molar-refractivity contribution in [2.45, 2.75) is 6.54 Å². The fraction of sp³-hybridized carbons (Fsp3) is 0.150. The van der Waals surface area contributed by atoms with Crippen LogP contribution < -0.4 is 10.1 Å². The van der Waals surface area contributed by atoms with Crippen molar-refractivity contribution >= 4 is 32.7 Å². The monoisotopic (exact) mass is 439 g/mol. The predicted octanol–water partition coefficient (Wildman–Crippen LogP) is 3.18. The minimum atomic E-state index is -0.160. The van der Waals surface area contributed by atoms with Gasteiger partial charge in [0.05, 0.1) is 5.69 Å². The lowest BCUT2D eigenvalue weighted by Crippen LogP contribution is -2.31. The average Bonchev–Trinajstić information content (AvgIpc) is 3.37. The van der Waals surface area contributed by atoms with E-state index in [1.807, 2.05) is 36.5 Å². The van der Waals surface area contributed by atoms with Gasteiger partial charge in [0, 0.05) is 35.3 Å². The molecule has 0 aliphatic heterocycles. The van der Waals surface area contributed by atoms with E-state index in [9.17, 15) is 4.79 Å². The predicted molar refractivity (Wildman–Crippen MR) is 110 cm³/mol. The van der Waals surface area contributed by atoms with Crippen LogP contribution in [0.4, 0.5) is 0 Å². The molecule has 1 amide bonds. The summed E-state index contributed by atoms with van der Waals surface area (Å²) in [5.74, 6) is 0.454. The fourth-order valence-corrected chi connectivity index (χ4v) is 3.28. The van der Waals surface area contributed by atoms with Crippen molar-refractivity contribution < 1.29 is 9.53 Å². The van der Waals surface area contributed by atoms with E-state index >= 15 is 0 Å². The van der Waals surface area contributed by atoms with Crippen molar-refractivity contribution in [3.63, 3.8) is 0 Å². The molecule has 1 N–H and O–H groups in total. The summed E-state index contributed by atoms with van der Waals surface area (Å²) >= 11 is 3.49. The number of carbonyl (C=O) groups excluding carboxylic acids is 1. The van der Waals surface area contributed by atoms with Gasteiger partial charge in [-0.05, 0) is 35.7 Å². The van der Waals surface area contributed by atoms with Crippen molar-refractivity contribution in [3.8, 4) is 11.4 Å². The van der Waals surface area contributed by atoms with E-state index in [2.05, 4.69) is 54.2 Å². The SMILES string of the molecule is O=C(COc1cccc(-n2cnnc2)c1)NCCn1ccc2ccc(Br)cc21.